The molecule has 0 spiro atoms. The van der Waals surface area contributed by atoms with Crippen molar-refractivity contribution in [3.63, 3.8) is 0 Å². The molecule has 7 heteroatoms. The van der Waals surface area contributed by atoms with Crippen molar-refractivity contribution in [1.82, 2.24) is 14.9 Å². The maximum atomic E-state index is 11.9. The first kappa shape index (κ1) is 14.7. The molecular formula is C12H13BrClN3OS. The van der Waals surface area contributed by atoms with Gasteiger partial charge in [0.2, 0.25) is 0 Å². The molecule has 0 bridgehead atoms. The van der Waals surface area contributed by atoms with Crippen LogP contribution in [-0.2, 0) is 13.1 Å². The van der Waals surface area contributed by atoms with Gasteiger partial charge in [-0.1, -0.05) is 11.6 Å². The van der Waals surface area contributed by atoms with Gasteiger partial charge in [-0.05, 0) is 35.0 Å². The van der Waals surface area contributed by atoms with Crippen LogP contribution >= 0.6 is 38.9 Å². The summed E-state index contributed by atoms with van der Waals surface area (Å²) in [4.78, 5) is 17.2. The Bertz CT molecular complexity index is 626. The molecule has 0 aliphatic heterocycles. The van der Waals surface area contributed by atoms with Gasteiger partial charge in [-0.3, -0.25) is 9.36 Å². The van der Waals surface area contributed by atoms with E-state index in [1.165, 1.54) is 11.1 Å². The lowest BCUT2D eigenvalue weighted by Gasteiger charge is -2.09. The summed E-state index contributed by atoms with van der Waals surface area (Å²) in [5.41, 5.74) is -0.0477. The van der Waals surface area contributed by atoms with Gasteiger partial charge in [0, 0.05) is 30.7 Å². The van der Waals surface area contributed by atoms with E-state index in [1.807, 2.05) is 19.1 Å². The van der Waals surface area contributed by atoms with Gasteiger partial charge in [0.25, 0.3) is 5.56 Å². The third-order valence-electron chi connectivity index (χ3n) is 2.65. The molecule has 0 aliphatic carbocycles. The maximum absolute atomic E-state index is 11.9. The van der Waals surface area contributed by atoms with Crippen molar-refractivity contribution in [1.29, 1.82) is 0 Å². The second kappa shape index (κ2) is 6.65. The van der Waals surface area contributed by atoms with Gasteiger partial charge in [0.05, 0.1) is 4.34 Å². The number of nitrogens with zero attached hydrogens (tertiary/aromatic N) is 2. The minimum absolute atomic E-state index is 0.0477. The first-order valence-electron chi connectivity index (χ1n) is 5.75. The highest BCUT2D eigenvalue weighted by atomic mass is 79.9. The molecule has 1 N–H and O–H groups in total. The number of hydrogen-bond donors (Lipinski definition) is 1. The zero-order valence-corrected chi connectivity index (χ0v) is 13.5. The van der Waals surface area contributed by atoms with Crippen LogP contribution in [0.2, 0.25) is 4.34 Å². The number of halogens is 2. The number of aromatic nitrogens is 2. The van der Waals surface area contributed by atoms with Crippen LogP contribution in [0, 0.1) is 6.92 Å². The first-order valence-corrected chi connectivity index (χ1v) is 7.73. The fraction of sp³-hybridized carbons (Fsp3) is 0.333. The molecule has 0 unspecified atom stereocenters. The summed E-state index contributed by atoms with van der Waals surface area (Å²) in [7, 11) is 0. The Hall–Kier alpha value is -0.690. The molecule has 0 aromatic carbocycles. The fourth-order valence-electron chi connectivity index (χ4n) is 1.66. The second-order valence-corrected chi connectivity index (χ2v) is 6.65. The molecule has 2 heterocycles. The van der Waals surface area contributed by atoms with E-state index in [4.69, 9.17) is 11.6 Å². The predicted octanol–water partition coefficient (Wildman–Crippen LogP) is 2.82. The Morgan fingerprint density at radius 1 is 1.53 bits per heavy atom. The van der Waals surface area contributed by atoms with E-state index >= 15 is 0 Å². The van der Waals surface area contributed by atoms with Crippen molar-refractivity contribution < 1.29 is 0 Å². The van der Waals surface area contributed by atoms with Gasteiger partial charge in [0.1, 0.15) is 10.3 Å². The quantitative estimate of drug-likeness (QED) is 0.832. The Kier molecular flexibility index (Phi) is 5.15. The van der Waals surface area contributed by atoms with Gasteiger partial charge >= 0.3 is 0 Å². The van der Waals surface area contributed by atoms with Gasteiger partial charge in [0.15, 0.2) is 0 Å². The lowest BCUT2D eigenvalue weighted by atomic mass is 10.4. The van der Waals surface area contributed by atoms with Crippen LogP contribution in [0.25, 0.3) is 0 Å². The average molecular weight is 363 g/mol. The van der Waals surface area contributed by atoms with Gasteiger partial charge in [-0.15, -0.1) is 11.3 Å². The summed E-state index contributed by atoms with van der Waals surface area (Å²) in [5.74, 6) is 0.717. The SMILES string of the molecule is Cc1ncc(Br)c(=O)n1CCNCc1ccc(Cl)s1. The molecule has 102 valence electrons. The van der Waals surface area contributed by atoms with Crippen molar-refractivity contribution >= 4 is 38.9 Å². The second-order valence-electron chi connectivity index (χ2n) is 3.99. The summed E-state index contributed by atoms with van der Waals surface area (Å²) in [5, 5.41) is 3.29. The van der Waals surface area contributed by atoms with Crippen LogP contribution in [0.5, 0.6) is 0 Å². The summed E-state index contributed by atoms with van der Waals surface area (Å²) in [6, 6.07) is 3.88. The summed E-state index contributed by atoms with van der Waals surface area (Å²) >= 11 is 10.6. The van der Waals surface area contributed by atoms with E-state index in [1.54, 1.807) is 15.9 Å². The fourth-order valence-corrected chi connectivity index (χ4v) is 3.04. The van der Waals surface area contributed by atoms with Gasteiger partial charge in [-0.25, -0.2) is 4.98 Å². The number of aryl methyl sites for hydroxylation is 1. The number of nitrogens with one attached hydrogen (secondary N) is 1. The highest BCUT2D eigenvalue weighted by molar-refractivity contribution is 9.10. The standard InChI is InChI=1S/C12H13BrClN3OS/c1-8-16-7-10(13)12(18)17(8)5-4-15-6-9-2-3-11(14)19-9/h2-3,7,15H,4-6H2,1H3. The number of hydrogen-bond acceptors (Lipinski definition) is 4. The molecule has 19 heavy (non-hydrogen) atoms. The topological polar surface area (TPSA) is 46.9 Å². The Labute approximate surface area is 128 Å². The average Bonchev–Trinajstić information content (AvgIpc) is 2.79. The predicted molar refractivity (Wildman–Crippen MR) is 82.0 cm³/mol. The number of rotatable bonds is 5. The summed E-state index contributed by atoms with van der Waals surface area (Å²) < 4.78 is 2.93. The molecule has 2 rings (SSSR count). The minimum atomic E-state index is -0.0477. The van der Waals surface area contributed by atoms with Crippen LogP contribution in [0.4, 0.5) is 0 Å². The highest BCUT2D eigenvalue weighted by Gasteiger charge is 2.05. The van der Waals surface area contributed by atoms with Crippen molar-refractivity contribution in [2.45, 2.75) is 20.0 Å². The van der Waals surface area contributed by atoms with E-state index in [-0.39, 0.29) is 5.56 Å². The molecule has 0 amide bonds. The van der Waals surface area contributed by atoms with Crippen molar-refractivity contribution in [2.75, 3.05) is 6.54 Å². The molecule has 2 aromatic heterocycles. The van der Waals surface area contributed by atoms with Crippen molar-refractivity contribution in [2.24, 2.45) is 0 Å². The van der Waals surface area contributed by atoms with Crippen molar-refractivity contribution in [3.05, 3.63) is 48.2 Å². The van der Waals surface area contributed by atoms with Crippen LogP contribution in [-0.4, -0.2) is 16.1 Å². The minimum Gasteiger partial charge on any atom is -0.310 e. The normalized spacial score (nSPS) is 10.9. The van der Waals surface area contributed by atoms with E-state index in [0.717, 1.165) is 10.9 Å². The third-order valence-corrected chi connectivity index (χ3v) is 4.42. The Morgan fingerprint density at radius 3 is 3.00 bits per heavy atom. The third kappa shape index (κ3) is 3.89. The molecule has 0 aliphatic rings. The lowest BCUT2D eigenvalue weighted by Crippen LogP contribution is -2.29. The summed E-state index contributed by atoms with van der Waals surface area (Å²) in [6.45, 7) is 3.88. The molecule has 0 saturated carbocycles. The molecule has 4 nitrogen and oxygen atoms in total. The van der Waals surface area contributed by atoms with E-state index in [9.17, 15) is 4.79 Å². The molecule has 0 atom stereocenters. The van der Waals surface area contributed by atoms with E-state index in [0.29, 0.717) is 23.4 Å². The van der Waals surface area contributed by atoms with E-state index < -0.39 is 0 Å². The molecule has 0 fully saturated rings. The van der Waals surface area contributed by atoms with Gasteiger partial charge in [-0.2, -0.15) is 0 Å². The van der Waals surface area contributed by atoms with Crippen LogP contribution in [0.3, 0.4) is 0 Å². The smallest absolute Gasteiger partial charge is 0.267 e. The lowest BCUT2D eigenvalue weighted by molar-refractivity contribution is 0.566. The Balaban J connectivity index is 1.89. The maximum Gasteiger partial charge on any atom is 0.267 e. The molecule has 0 saturated heterocycles. The zero-order chi connectivity index (χ0) is 13.8. The van der Waals surface area contributed by atoms with E-state index in [2.05, 4.69) is 26.2 Å². The van der Waals surface area contributed by atoms with Crippen LogP contribution in [0.1, 0.15) is 10.7 Å². The molecular weight excluding hydrogens is 350 g/mol. The largest absolute Gasteiger partial charge is 0.310 e. The molecule has 0 radical (unpaired) electrons. The zero-order valence-electron chi connectivity index (χ0n) is 10.3. The number of thiophene rings is 1. The Morgan fingerprint density at radius 2 is 2.32 bits per heavy atom. The summed E-state index contributed by atoms with van der Waals surface area (Å²) in [6.07, 6.45) is 1.54. The van der Waals surface area contributed by atoms with Gasteiger partial charge < -0.3 is 5.32 Å². The van der Waals surface area contributed by atoms with Crippen molar-refractivity contribution in [3.8, 4) is 0 Å². The molecule has 2 aromatic rings. The monoisotopic (exact) mass is 361 g/mol. The first-order chi connectivity index (χ1) is 9.08. The highest BCUT2D eigenvalue weighted by Crippen LogP contribution is 2.20. The van der Waals surface area contributed by atoms with Crippen LogP contribution in [0.15, 0.2) is 27.6 Å². The van der Waals surface area contributed by atoms with Crippen LogP contribution < -0.4 is 10.9 Å².